The number of rotatable bonds is 8. The molecule has 0 radical (unpaired) electrons. The molecule has 6 nitrogen and oxygen atoms in total. The predicted octanol–water partition coefficient (Wildman–Crippen LogP) is 2.86. The van der Waals surface area contributed by atoms with Gasteiger partial charge < -0.3 is 9.64 Å². The lowest BCUT2D eigenvalue weighted by Gasteiger charge is -2.21. The molecular formula is C18H19N3O3S2. The van der Waals surface area contributed by atoms with Crippen LogP contribution in [0.25, 0.3) is 0 Å². The Balaban J connectivity index is 1.85. The third-order valence-electron chi connectivity index (χ3n) is 3.73. The molecule has 0 atom stereocenters. The predicted molar refractivity (Wildman–Crippen MR) is 103 cm³/mol. The van der Waals surface area contributed by atoms with E-state index in [2.05, 4.69) is 5.10 Å². The van der Waals surface area contributed by atoms with Crippen LogP contribution >= 0.6 is 22.7 Å². The first-order chi connectivity index (χ1) is 12.7. The highest BCUT2D eigenvalue weighted by Gasteiger charge is 2.20. The molecule has 3 heterocycles. The smallest absolute Gasteiger partial charge is 0.274 e. The molecule has 1 amide bonds. The number of hydrogen-bond acceptors (Lipinski definition) is 6. The Morgan fingerprint density at radius 2 is 1.77 bits per heavy atom. The van der Waals surface area contributed by atoms with Crippen LogP contribution in [-0.2, 0) is 24.4 Å². The maximum Gasteiger partial charge on any atom is 0.274 e. The van der Waals surface area contributed by atoms with Crippen LogP contribution in [0, 0.1) is 0 Å². The summed E-state index contributed by atoms with van der Waals surface area (Å²) in [6.45, 7) is 1.69. The number of aromatic nitrogens is 2. The molecule has 3 aromatic heterocycles. The van der Waals surface area contributed by atoms with Gasteiger partial charge in [-0.3, -0.25) is 9.59 Å². The van der Waals surface area contributed by atoms with Gasteiger partial charge >= 0.3 is 0 Å². The zero-order valence-electron chi connectivity index (χ0n) is 14.3. The van der Waals surface area contributed by atoms with Gasteiger partial charge in [-0.1, -0.05) is 12.1 Å². The Hall–Kier alpha value is -2.29. The molecule has 3 aromatic rings. The van der Waals surface area contributed by atoms with Crippen molar-refractivity contribution in [1.82, 2.24) is 14.7 Å². The highest BCUT2D eigenvalue weighted by atomic mass is 32.1. The van der Waals surface area contributed by atoms with Crippen molar-refractivity contribution in [3.63, 3.8) is 0 Å². The molecule has 0 unspecified atom stereocenters. The van der Waals surface area contributed by atoms with Gasteiger partial charge in [-0.2, -0.15) is 5.10 Å². The molecule has 0 spiro atoms. The SMILES string of the molecule is COCCn1nc(C(=O)N(Cc2cccs2)Cc2cccs2)ccc1=O. The summed E-state index contributed by atoms with van der Waals surface area (Å²) >= 11 is 3.22. The molecule has 26 heavy (non-hydrogen) atoms. The van der Waals surface area contributed by atoms with Crippen LogP contribution in [-0.4, -0.2) is 34.3 Å². The largest absolute Gasteiger partial charge is 0.383 e. The van der Waals surface area contributed by atoms with Crippen LogP contribution in [0.4, 0.5) is 0 Å². The summed E-state index contributed by atoms with van der Waals surface area (Å²) < 4.78 is 6.27. The summed E-state index contributed by atoms with van der Waals surface area (Å²) in [5, 5.41) is 8.21. The van der Waals surface area contributed by atoms with Crippen LogP contribution in [0.15, 0.2) is 52.0 Å². The molecule has 0 aliphatic heterocycles. The summed E-state index contributed by atoms with van der Waals surface area (Å²) in [5.74, 6) is -0.196. The number of methoxy groups -OCH3 is 1. The topological polar surface area (TPSA) is 64.4 Å². The number of hydrogen-bond donors (Lipinski definition) is 0. The van der Waals surface area contributed by atoms with Crippen molar-refractivity contribution >= 4 is 28.6 Å². The van der Waals surface area contributed by atoms with Crippen molar-refractivity contribution in [2.45, 2.75) is 19.6 Å². The molecule has 0 aliphatic rings. The third-order valence-corrected chi connectivity index (χ3v) is 5.46. The van der Waals surface area contributed by atoms with E-state index in [1.165, 1.54) is 16.8 Å². The van der Waals surface area contributed by atoms with Crippen LogP contribution in [0.5, 0.6) is 0 Å². The van der Waals surface area contributed by atoms with Crippen molar-refractivity contribution in [2.75, 3.05) is 13.7 Å². The Bertz CT molecular complexity index is 853. The summed E-state index contributed by atoms with van der Waals surface area (Å²) in [5.41, 5.74) is 0.00970. The number of carbonyl (C=O) groups is 1. The second-order valence-corrected chi connectivity index (χ2v) is 7.66. The molecule has 0 fully saturated rings. The van der Waals surface area contributed by atoms with Crippen LogP contribution in [0.2, 0.25) is 0 Å². The molecule has 0 saturated heterocycles. The Kier molecular flexibility index (Phi) is 6.32. The minimum atomic E-state index is -0.248. The van der Waals surface area contributed by atoms with Gasteiger partial charge in [-0.15, -0.1) is 22.7 Å². The molecule has 0 bridgehead atoms. The van der Waals surface area contributed by atoms with Gasteiger partial charge in [0, 0.05) is 22.9 Å². The zero-order chi connectivity index (χ0) is 18.4. The number of thiophene rings is 2. The van der Waals surface area contributed by atoms with Gasteiger partial charge in [0.05, 0.1) is 26.2 Å². The molecule has 0 N–H and O–H groups in total. The molecular weight excluding hydrogens is 370 g/mol. The average Bonchev–Trinajstić information content (AvgIpc) is 3.34. The first kappa shape index (κ1) is 18.5. The van der Waals surface area contributed by atoms with Crippen molar-refractivity contribution in [1.29, 1.82) is 0 Å². The molecule has 3 rings (SSSR count). The monoisotopic (exact) mass is 389 g/mol. The molecule has 0 aromatic carbocycles. The van der Waals surface area contributed by atoms with Gasteiger partial charge in [0.1, 0.15) is 5.69 Å². The first-order valence-corrected chi connectivity index (χ1v) is 9.84. The second kappa shape index (κ2) is 8.88. The Labute approximate surface area is 159 Å². The average molecular weight is 390 g/mol. The first-order valence-electron chi connectivity index (χ1n) is 8.08. The standard InChI is InChI=1S/C18H19N3O3S2/c1-24-9-8-21-17(22)7-6-16(19-21)18(23)20(12-14-4-2-10-25-14)13-15-5-3-11-26-15/h2-7,10-11H,8-9,12-13H2,1H3. The Morgan fingerprint density at radius 1 is 1.12 bits per heavy atom. The fourth-order valence-corrected chi connectivity index (χ4v) is 3.88. The van der Waals surface area contributed by atoms with Gasteiger partial charge in [-0.05, 0) is 29.0 Å². The summed E-state index contributed by atoms with van der Waals surface area (Å²) in [6.07, 6.45) is 0. The summed E-state index contributed by atoms with van der Waals surface area (Å²) in [4.78, 5) is 28.9. The van der Waals surface area contributed by atoms with Crippen molar-refractivity contribution in [3.05, 3.63) is 73.0 Å². The Morgan fingerprint density at radius 3 is 2.31 bits per heavy atom. The van der Waals surface area contributed by atoms with E-state index in [9.17, 15) is 9.59 Å². The number of ether oxygens (including phenoxy) is 1. The van der Waals surface area contributed by atoms with Crippen molar-refractivity contribution in [2.24, 2.45) is 0 Å². The van der Waals surface area contributed by atoms with Gasteiger partial charge in [0.2, 0.25) is 0 Å². The quantitative estimate of drug-likeness (QED) is 0.594. The summed E-state index contributed by atoms with van der Waals surface area (Å²) in [7, 11) is 1.56. The maximum atomic E-state index is 13.1. The van der Waals surface area contributed by atoms with Crippen LogP contribution < -0.4 is 5.56 Å². The van der Waals surface area contributed by atoms with E-state index in [0.717, 1.165) is 9.75 Å². The summed E-state index contributed by atoms with van der Waals surface area (Å²) in [6, 6.07) is 10.8. The van der Waals surface area contributed by atoms with E-state index in [0.29, 0.717) is 26.2 Å². The van der Waals surface area contributed by atoms with Gasteiger partial charge in [0.15, 0.2) is 0 Å². The minimum Gasteiger partial charge on any atom is -0.383 e. The van der Waals surface area contributed by atoms with E-state index in [4.69, 9.17) is 4.74 Å². The van der Waals surface area contributed by atoms with E-state index in [1.807, 2.05) is 35.0 Å². The lowest BCUT2D eigenvalue weighted by Crippen LogP contribution is -2.33. The number of carbonyl (C=O) groups excluding carboxylic acids is 1. The van der Waals surface area contributed by atoms with E-state index in [-0.39, 0.29) is 17.2 Å². The van der Waals surface area contributed by atoms with Crippen LogP contribution in [0.1, 0.15) is 20.2 Å². The van der Waals surface area contributed by atoms with E-state index in [1.54, 1.807) is 34.7 Å². The fourth-order valence-electron chi connectivity index (χ4n) is 2.44. The van der Waals surface area contributed by atoms with Gasteiger partial charge in [-0.25, -0.2) is 4.68 Å². The zero-order valence-corrected chi connectivity index (χ0v) is 16.0. The van der Waals surface area contributed by atoms with Crippen LogP contribution in [0.3, 0.4) is 0 Å². The normalized spacial score (nSPS) is 10.8. The highest BCUT2D eigenvalue weighted by Crippen LogP contribution is 2.18. The lowest BCUT2D eigenvalue weighted by molar-refractivity contribution is 0.0723. The number of nitrogens with zero attached hydrogens (tertiary/aromatic N) is 3. The van der Waals surface area contributed by atoms with E-state index < -0.39 is 0 Å². The van der Waals surface area contributed by atoms with Crippen molar-refractivity contribution < 1.29 is 9.53 Å². The van der Waals surface area contributed by atoms with Crippen molar-refractivity contribution in [3.8, 4) is 0 Å². The van der Waals surface area contributed by atoms with E-state index >= 15 is 0 Å². The molecule has 8 heteroatoms. The molecule has 0 aliphatic carbocycles. The highest BCUT2D eigenvalue weighted by molar-refractivity contribution is 7.10. The van der Waals surface area contributed by atoms with Gasteiger partial charge in [0.25, 0.3) is 11.5 Å². The molecule has 136 valence electrons. The number of amides is 1. The fraction of sp³-hybridized carbons (Fsp3) is 0.278. The molecule has 0 saturated carbocycles. The second-order valence-electron chi connectivity index (χ2n) is 5.59. The minimum absolute atomic E-state index is 0.196. The lowest BCUT2D eigenvalue weighted by atomic mass is 10.3. The third kappa shape index (κ3) is 4.66. The maximum absolute atomic E-state index is 13.1.